The van der Waals surface area contributed by atoms with Crippen LogP contribution in [0, 0.1) is 5.41 Å². The van der Waals surface area contributed by atoms with E-state index in [9.17, 15) is 13.6 Å². The van der Waals surface area contributed by atoms with Crippen molar-refractivity contribution < 1.29 is 23.8 Å². The number of halogens is 2. The fourth-order valence-electron chi connectivity index (χ4n) is 0.851. The Bertz CT molecular complexity index is 196. The van der Waals surface area contributed by atoms with Gasteiger partial charge in [0.05, 0.1) is 0 Å². The summed E-state index contributed by atoms with van der Waals surface area (Å²) in [6, 6.07) is 0. The minimum Gasteiger partial charge on any atom is -0.477 e. The van der Waals surface area contributed by atoms with Gasteiger partial charge in [-0.1, -0.05) is 20.8 Å². The van der Waals surface area contributed by atoms with Crippen molar-refractivity contribution in [1.29, 1.82) is 0 Å². The zero-order valence-corrected chi connectivity index (χ0v) is 7.84. The van der Waals surface area contributed by atoms with E-state index in [1.807, 2.05) is 0 Å². The van der Waals surface area contributed by atoms with Crippen LogP contribution in [-0.4, -0.2) is 28.2 Å². The van der Waals surface area contributed by atoms with Crippen LogP contribution >= 0.6 is 0 Å². The van der Waals surface area contributed by atoms with Crippen molar-refractivity contribution in [3.8, 4) is 0 Å². The highest BCUT2D eigenvalue weighted by Gasteiger charge is 2.47. The molecule has 78 valence electrons. The fourth-order valence-corrected chi connectivity index (χ4v) is 0.851. The lowest BCUT2D eigenvalue weighted by Gasteiger charge is -2.25. The summed E-state index contributed by atoms with van der Waals surface area (Å²) in [4.78, 5) is 10.0. The van der Waals surface area contributed by atoms with Gasteiger partial charge in [0, 0.05) is 0 Å². The first-order valence-corrected chi connectivity index (χ1v) is 3.86. The van der Waals surface area contributed by atoms with Crippen molar-refractivity contribution in [1.82, 2.24) is 0 Å². The van der Waals surface area contributed by atoms with Crippen LogP contribution in [0.15, 0.2) is 0 Å². The number of alkyl halides is 2. The minimum atomic E-state index is -4.06. The number of carboxylic acids is 1. The van der Waals surface area contributed by atoms with Crippen LogP contribution in [0.25, 0.3) is 0 Å². The molecule has 2 N–H and O–H groups in total. The third-order valence-corrected chi connectivity index (χ3v) is 1.51. The lowest BCUT2D eigenvalue weighted by molar-refractivity contribution is -0.184. The maximum absolute atomic E-state index is 12.6. The predicted octanol–water partition coefficient (Wildman–Crippen LogP) is 1.50. The average Bonchev–Trinajstić information content (AvgIpc) is 1.82. The molecule has 0 aromatic heterocycles. The van der Waals surface area contributed by atoms with Crippen LogP contribution in [0.1, 0.15) is 27.2 Å². The molecule has 0 saturated heterocycles. The maximum atomic E-state index is 12.6. The number of aliphatic carboxylic acids is 1. The molecule has 0 rings (SSSR count). The smallest absolute Gasteiger partial charge is 0.377 e. The van der Waals surface area contributed by atoms with Crippen LogP contribution in [-0.2, 0) is 4.79 Å². The van der Waals surface area contributed by atoms with E-state index >= 15 is 0 Å². The summed E-state index contributed by atoms with van der Waals surface area (Å²) < 4.78 is 25.2. The van der Waals surface area contributed by atoms with E-state index in [0.717, 1.165) is 0 Å². The molecule has 13 heavy (non-hydrogen) atoms. The van der Waals surface area contributed by atoms with E-state index in [1.165, 1.54) is 0 Å². The summed E-state index contributed by atoms with van der Waals surface area (Å²) in [7, 11) is 0. The fraction of sp³-hybridized carbons (Fsp3) is 0.875. The van der Waals surface area contributed by atoms with Gasteiger partial charge < -0.3 is 10.2 Å². The van der Waals surface area contributed by atoms with E-state index in [0.29, 0.717) is 0 Å². The first-order valence-electron chi connectivity index (χ1n) is 3.86. The molecule has 0 bridgehead atoms. The van der Waals surface area contributed by atoms with Crippen LogP contribution in [0.4, 0.5) is 8.78 Å². The highest BCUT2D eigenvalue weighted by Crippen LogP contribution is 2.29. The molecule has 0 fully saturated rings. The van der Waals surface area contributed by atoms with Crippen LogP contribution < -0.4 is 0 Å². The summed E-state index contributed by atoms with van der Waals surface area (Å²) in [6.07, 6.45) is -2.39. The Labute approximate surface area is 75.4 Å². The van der Waals surface area contributed by atoms with E-state index in [-0.39, 0.29) is 6.42 Å². The summed E-state index contributed by atoms with van der Waals surface area (Å²) >= 11 is 0. The Kier molecular flexibility index (Phi) is 3.38. The van der Waals surface area contributed by atoms with Crippen LogP contribution in [0.3, 0.4) is 0 Å². The number of carboxylic acid groups (broad SMARTS) is 1. The standard InChI is InChI=1S/C8H14F2O3/c1-7(2,3)4-5(11)8(9,10)6(12)13/h5,11H,4H2,1-3H3,(H,12,13). The number of aliphatic hydroxyl groups is 1. The van der Waals surface area contributed by atoms with Gasteiger partial charge in [-0.15, -0.1) is 0 Å². The monoisotopic (exact) mass is 196 g/mol. The van der Waals surface area contributed by atoms with Crippen molar-refractivity contribution >= 4 is 5.97 Å². The molecule has 3 nitrogen and oxygen atoms in total. The van der Waals surface area contributed by atoms with E-state index in [4.69, 9.17) is 10.2 Å². The first kappa shape index (κ1) is 12.3. The molecule has 0 aliphatic carbocycles. The van der Waals surface area contributed by atoms with Gasteiger partial charge in [0.1, 0.15) is 6.10 Å². The Morgan fingerprint density at radius 3 is 2.00 bits per heavy atom. The molecule has 0 spiro atoms. The molecular weight excluding hydrogens is 182 g/mol. The highest BCUT2D eigenvalue weighted by molar-refractivity contribution is 5.76. The van der Waals surface area contributed by atoms with Gasteiger partial charge in [-0.2, -0.15) is 8.78 Å². The lowest BCUT2D eigenvalue weighted by atomic mass is 9.87. The highest BCUT2D eigenvalue weighted by atomic mass is 19.3. The quantitative estimate of drug-likeness (QED) is 0.719. The molecular formula is C8H14F2O3. The zero-order chi connectivity index (χ0) is 10.9. The van der Waals surface area contributed by atoms with E-state index in [2.05, 4.69) is 0 Å². The Morgan fingerprint density at radius 1 is 1.38 bits per heavy atom. The average molecular weight is 196 g/mol. The molecule has 0 heterocycles. The molecule has 0 aromatic rings. The van der Waals surface area contributed by atoms with Gasteiger partial charge in [-0.05, 0) is 11.8 Å². The van der Waals surface area contributed by atoms with Gasteiger partial charge in [0.2, 0.25) is 0 Å². The van der Waals surface area contributed by atoms with Crippen molar-refractivity contribution in [2.75, 3.05) is 0 Å². The molecule has 0 amide bonds. The van der Waals surface area contributed by atoms with Gasteiger partial charge in [-0.25, -0.2) is 4.79 Å². The molecule has 0 aliphatic rings. The largest absolute Gasteiger partial charge is 0.477 e. The molecule has 0 radical (unpaired) electrons. The SMILES string of the molecule is CC(C)(C)CC(O)C(F)(F)C(=O)O. The first-order chi connectivity index (χ1) is 5.57. The Hall–Kier alpha value is -0.710. The molecule has 1 unspecified atom stereocenters. The Balaban J connectivity index is 4.43. The molecule has 0 aliphatic heterocycles. The molecule has 0 saturated carbocycles. The molecule has 0 aromatic carbocycles. The molecule has 1 atom stereocenters. The predicted molar refractivity (Wildman–Crippen MR) is 42.7 cm³/mol. The topological polar surface area (TPSA) is 57.5 Å². The zero-order valence-electron chi connectivity index (χ0n) is 7.84. The van der Waals surface area contributed by atoms with Crippen LogP contribution in [0.5, 0.6) is 0 Å². The van der Waals surface area contributed by atoms with Crippen molar-refractivity contribution in [2.24, 2.45) is 5.41 Å². The van der Waals surface area contributed by atoms with Gasteiger partial charge in [0.25, 0.3) is 0 Å². The summed E-state index contributed by atoms with van der Waals surface area (Å²) in [5.74, 6) is -6.35. The maximum Gasteiger partial charge on any atom is 0.377 e. The van der Waals surface area contributed by atoms with Crippen LogP contribution in [0.2, 0.25) is 0 Å². The second-order valence-electron chi connectivity index (χ2n) is 4.21. The van der Waals surface area contributed by atoms with Gasteiger partial charge in [0.15, 0.2) is 0 Å². The van der Waals surface area contributed by atoms with E-state index < -0.39 is 23.4 Å². The normalized spacial score (nSPS) is 15.5. The number of carbonyl (C=O) groups is 1. The summed E-state index contributed by atoms with van der Waals surface area (Å²) in [5, 5.41) is 17.1. The van der Waals surface area contributed by atoms with Crippen molar-refractivity contribution in [3.63, 3.8) is 0 Å². The number of hydrogen-bond donors (Lipinski definition) is 2. The van der Waals surface area contributed by atoms with E-state index in [1.54, 1.807) is 20.8 Å². The number of aliphatic hydroxyl groups excluding tert-OH is 1. The Morgan fingerprint density at radius 2 is 1.77 bits per heavy atom. The second kappa shape index (κ2) is 3.57. The number of hydrogen-bond acceptors (Lipinski definition) is 2. The summed E-state index contributed by atoms with van der Waals surface area (Å²) in [5.41, 5.74) is -0.529. The minimum absolute atomic E-state index is 0.258. The third-order valence-electron chi connectivity index (χ3n) is 1.51. The summed E-state index contributed by atoms with van der Waals surface area (Å²) in [6.45, 7) is 4.94. The number of rotatable bonds is 3. The van der Waals surface area contributed by atoms with Gasteiger partial charge >= 0.3 is 11.9 Å². The van der Waals surface area contributed by atoms with Gasteiger partial charge in [-0.3, -0.25) is 0 Å². The lowest BCUT2D eigenvalue weighted by Crippen LogP contribution is -2.43. The third kappa shape index (κ3) is 3.67. The second-order valence-corrected chi connectivity index (χ2v) is 4.21. The molecule has 5 heteroatoms. The van der Waals surface area contributed by atoms with Crippen molar-refractivity contribution in [2.45, 2.75) is 39.2 Å². The van der Waals surface area contributed by atoms with Crippen molar-refractivity contribution in [3.05, 3.63) is 0 Å².